The molecule has 0 fully saturated rings. The van der Waals surface area contributed by atoms with Crippen molar-refractivity contribution in [2.75, 3.05) is 16.3 Å². The standard InChI is InChI=1S/C16H17ClN2O3S/c1-10-4-6-13(8-11(10)2)18-16(20)12-5-7-14(17)15(9-12)19-23(3,21)22/h4-9,19H,1-3H3,(H,18,20). The first kappa shape index (κ1) is 17.3. The Morgan fingerprint density at radius 3 is 2.35 bits per heavy atom. The highest BCUT2D eigenvalue weighted by atomic mass is 35.5. The third-order valence-corrected chi connectivity index (χ3v) is 4.21. The van der Waals surface area contributed by atoms with Gasteiger partial charge in [-0.1, -0.05) is 17.7 Å². The molecule has 7 heteroatoms. The number of carbonyl (C=O) groups is 1. The molecule has 2 aromatic carbocycles. The van der Waals surface area contributed by atoms with Gasteiger partial charge in [-0.25, -0.2) is 8.42 Å². The van der Waals surface area contributed by atoms with Gasteiger partial charge in [-0.05, 0) is 55.3 Å². The van der Waals surface area contributed by atoms with Gasteiger partial charge in [0.1, 0.15) is 0 Å². The van der Waals surface area contributed by atoms with Gasteiger partial charge in [0.25, 0.3) is 5.91 Å². The Morgan fingerprint density at radius 1 is 1.04 bits per heavy atom. The van der Waals surface area contributed by atoms with E-state index in [1.807, 2.05) is 32.0 Å². The van der Waals surface area contributed by atoms with Crippen LogP contribution >= 0.6 is 11.6 Å². The van der Waals surface area contributed by atoms with Gasteiger partial charge in [-0.2, -0.15) is 0 Å². The molecule has 0 aliphatic carbocycles. The molecule has 0 radical (unpaired) electrons. The number of hydrogen-bond acceptors (Lipinski definition) is 3. The zero-order valence-corrected chi connectivity index (χ0v) is 14.5. The van der Waals surface area contributed by atoms with Gasteiger partial charge < -0.3 is 5.32 Å². The maximum atomic E-state index is 12.3. The molecule has 0 saturated heterocycles. The molecule has 0 heterocycles. The summed E-state index contributed by atoms with van der Waals surface area (Å²) in [6.45, 7) is 3.95. The van der Waals surface area contributed by atoms with Crippen LogP contribution in [0.3, 0.4) is 0 Å². The predicted molar refractivity (Wildman–Crippen MR) is 93.8 cm³/mol. The SMILES string of the molecule is Cc1ccc(NC(=O)c2ccc(Cl)c(NS(C)(=O)=O)c2)cc1C. The van der Waals surface area contributed by atoms with Crippen LogP contribution in [0.25, 0.3) is 0 Å². The summed E-state index contributed by atoms with van der Waals surface area (Å²) in [5.41, 5.74) is 3.35. The maximum absolute atomic E-state index is 12.3. The summed E-state index contributed by atoms with van der Waals surface area (Å²) in [6, 6.07) is 10.0. The van der Waals surface area contributed by atoms with Crippen molar-refractivity contribution in [3.05, 3.63) is 58.1 Å². The van der Waals surface area contributed by atoms with E-state index < -0.39 is 10.0 Å². The van der Waals surface area contributed by atoms with Gasteiger partial charge in [-0.3, -0.25) is 9.52 Å². The second kappa shape index (κ2) is 6.60. The minimum atomic E-state index is -3.48. The van der Waals surface area contributed by atoms with Crippen LogP contribution < -0.4 is 10.0 Å². The Hall–Kier alpha value is -2.05. The number of sulfonamides is 1. The van der Waals surface area contributed by atoms with Gasteiger partial charge >= 0.3 is 0 Å². The number of halogens is 1. The quantitative estimate of drug-likeness (QED) is 0.883. The molecule has 0 atom stereocenters. The third-order valence-electron chi connectivity index (χ3n) is 3.29. The van der Waals surface area contributed by atoms with Gasteiger partial charge in [0.2, 0.25) is 10.0 Å². The molecule has 5 nitrogen and oxygen atoms in total. The molecule has 2 rings (SSSR count). The van der Waals surface area contributed by atoms with Crippen molar-refractivity contribution in [2.24, 2.45) is 0 Å². The Bertz CT molecular complexity index is 864. The number of benzene rings is 2. The Kier molecular flexibility index (Phi) is 4.97. The van der Waals surface area contributed by atoms with E-state index in [-0.39, 0.29) is 16.6 Å². The average Bonchev–Trinajstić information content (AvgIpc) is 2.44. The number of hydrogen-bond donors (Lipinski definition) is 2. The lowest BCUT2D eigenvalue weighted by Gasteiger charge is -2.10. The Balaban J connectivity index is 2.25. The lowest BCUT2D eigenvalue weighted by molar-refractivity contribution is 0.102. The normalized spacial score (nSPS) is 11.1. The second-order valence-electron chi connectivity index (χ2n) is 5.32. The smallest absolute Gasteiger partial charge is 0.255 e. The van der Waals surface area contributed by atoms with Crippen molar-refractivity contribution in [3.63, 3.8) is 0 Å². The van der Waals surface area contributed by atoms with Crippen LogP contribution in [0.1, 0.15) is 21.5 Å². The van der Waals surface area contributed by atoms with E-state index in [4.69, 9.17) is 11.6 Å². The number of aryl methyl sites for hydroxylation is 2. The first-order valence-electron chi connectivity index (χ1n) is 6.81. The fourth-order valence-electron chi connectivity index (χ4n) is 1.97. The first-order valence-corrected chi connectivity index (χ1v) is 9.08. The molecular formula is C16H17ClN2O3S. The fraction of sp³-hybridized carbons (Fsp3) is 0.188. The summed E-state index contributed by atoms with van der Waals surface area (Å²) in [7, 11) is -3.48. The molecule has 0 aliphatic rings. The van der Waals surface area contributed by atoms with E-state index in [9.17, 15) is 13.2 Å². The van der Waals surface area contributed by atoms with Crippen molar-refractivity contribution in [3.8, 4) is 0 Å². The van der Waals surface area contributed by atoms with Crippen molar-refractivity contribution < 1.29 is 13.2 Å². The summed E-state index contributed by atoms with van der Waals surface area (Å²) in [5.74, 6) is -0.346. The molecule has 122 valence electrons. The lowest BCUT2D eigenvalue weighted by atomic mass is 10.1. The maximum Gasteiger partial charge on any atom is 0.255 e. The molecule has 0 unspecified atom stereocenters. The van der Waals surface area contributed by atoms with Crippen LogP contribution in [-0.2, 0) is 10.0 Å². The predicted octanol–water partition coefficient (Wildman–Crippen LogP) is 3.58. The van der Waals surface area contributed by atoms with Crippen LogP contribution in [0.2, 0.25) is 5.02 Å². The van der Waals surface area contributed by atoms with Crippen LogP contribution in [0.5, 0.6) is 0 Å². The molecule has 23 heavy (non-hydrogen) atoms. The molecule has 0 bridgehead atoms. The van der Waals surface area contributed by atoms with Crippen molar-refractivity contribution in [2.45, 2.75) is 13.8 Å². The molecule has 2 aromatic rings. The second-order valence-corrected chi connectivity index (χ2v) is 7.48. The summed E-state index contributed by atoms with van der Waals surface area (Å²) in [4.78, 5) is 12.3. The van der Waals surface area contributed by atoms with Gasteiger partial charge in [-0.15, -0.1) is 0 Å². The van der Waals surface area contributed by atoms with Gasteiger partial charge in [0.15, 0.2) is 0 Å². The first-order chi connectivity index (χ1) is 10.7. The molecule has 1 amide bonds. The number of rotatable bonds is 4. The van der Waals surface area contributed by atoms with E-state index in [1.165, 1.54) is 18.2 Å². The highest BCUT2D eigenvalue weighted by Gasteiger charge is 2.12. The highest BCUT2D eigenvalue weighted by Crippen LogP contribution is 2.24. The minimum absolute atomic E-state index is 0.168. The summed E-state index contributed by atoms with van der Waals surface area (Å²) in [6.07, 6.45) is 1.02. The van der Waals surface area contributed by atoms with Crippen molar-refractivity contribution >= 4 is 38.9 Å². The molecule has 0 spiro atoms. The summed E-state index contributed by atoms with van der Waals surface area (Å²) < 4.78 is 24.9. The van der Waals surface area contributed by atoms with Crippen LogP contribution in [-0.4, -0.2) is 20.6 Å². The number of nitrogens with one attached hydrogen (secondary N) is 2. The zero-order chi connectivity index (χ0) is 17.2. The molecular weight excluding hydrogens is 336 g/mol. The number of anilines is 2. The van der Waals surface area contributed by atoms with E-state index in [0.29, 0.717) is 11.3 Å². The largest absolute Gasteiger partial charge is 0.322 e. The highest BCUT2D eigenvalue weighted by molar-refractivity contribution is 7.92. The Morgan fingerprint density at radius 2 is 1.74 bits per heavy atom. The van der Waals surface area contributed by atoms with E-state index in [0.717, 1.165) is 17.4 Å². The van der Waals surface area contributed by atoms with E-state index >= 15 is 0 Å². The molecule has 0 aliphatic heterocycles. The topological polar surface area (TPSA) is 75.3 Å². The number of amides is 1. The summed E-state index contributed by atoms with van der Waals surface area (Å²) >= 11 is 5.95. The average molecular weight is 353 g/mol. The van der Waals surface area contributed by atoms with Crippen LogP contribution in [0.15, 0.2) is 36.4 Å². The monoisotopic (exact) mass is 352 g/mol. The van der Waals surface area contributed by atoms with Gasteiger partial charge in [0.05, 0.1) is 17.0 Å². The lowest BCUT2D eigenvalue weighted by Crippen LogP contribution is -2.14. The molecule has 2 N–H and O–H groups in total. The van der Waals surface area contributed by atoms with E-state index in [1.54, 1.807) is 0 Å². The van der Waals surface area contributed by atoms with Crippen molar-refractivity contribution in [1.29, 1.82) is 0 Å². The fourth-order valence-corrected chi connectivity index (χ4v) is 2.76. The van der Waals surface area contributed by atoms with E-state index in [2.05, 4.69) is 10.0 Å². The zero-order valence-electron chi connectivity index (χ0n) is 13.0. The Labute approximate surface area is 140 Å². The van der Waals surface area contributed by atoms with Crippen LogP contribution in [0, 0.1) is 13.8 Å². The van der Waals surface area contributed by atoms with Gasteiger partial charge in [0, 0.05) is 11.3 Å². The molecule has 0 aromatic heterocycles. The van der Waals surface area contributed by atoms with Crippen molar-refractivity contribution in [1.82, 2.24) is 0 Å². The number of carbonyl (C=O) groups excluding carboxylic acids is 1. The van der Waals surface area contributed by atoms with Crippen LogP contribution in [0.4, 0.5) is 11.4 Å². The minimum Gasteiger partial charge on any atom is -0.322 e. The third kappa shape index (κ3) is 4.71. The summed E-state index contributed by atoms with van der Waals surface area (Å²) in [5, 5.41) is 3.00. The molecule has 0 saturated carbocycles.